The van der Waals surface area contributed by atoms with Gasteiger partial charge in [0.05, 0.1) is 11.7 Å². The average Bonchev–Trinajstić information content (AvgIpc) is 3.61. The molecule has 2 aliphatic rings. The highest BCUT2D eigenvalue weighted by atomic mass is 15.3. The molecular weight excluding hydrogens is 410 g/mol. The van der Waals surface area contributed by atoms with Crippen LogP contribution in [0.25, 0.3) is 22.3 Å². The van der Waals surface area contributed by atoms with Gasteiger partial charge in [-0.2, -0.15) is 0 Å². The van der Waals surface area contributed by atoms with Crippen molar-refractivity contribution < 1.29 is 0 Å². The Morgan fingerprint density at radius 2 is 1.61 bits per heavy atom. The Hall–Kier alpha value is -3.35. The van der Waals surface area contributed by atoms with Crippen molar-refractivity contribution in [3.05, 3.63) is 61.5 Å². The van der Waals surface area contributed by atoms with Crippen molar-refractivity contribution >= 4 is 17.1 Å². The maximum Gasteiger partial charge on any atom is 0.238 e. The standard InChI is InChI=1S/C14H12N6.C6H11N.C6H12/c1-9-6-16-13-3-2-10(8-19(9)13)11-4-5-20-12(11)7-17-14(15)18-20;1-2-7-5-3-4-6-7;1-2-4-6-5-3-1/h2-8H,1H3,(H2,15,18);2H,1,3-6H2;1-6H2. The Morgan fingerprint density at radius 3 is 2.24 bits per heavy atom. The van der Waals surface area contributed by atoms with Gasteiger partial charge in [-0.1, -0.05) is 45.1 Å². The predicted molar refractivity (Wildman–Crippen MR) is 135 cm³/mol. The number of nitrogen functional groups attached to an aromatic ring is 1. The summed E-state index contributed by atoms with van der Waals surface area (Å²) < 4.78 is 3.81. The van der Waals surface area contributed by atoms with Crippen molar-refractivity contribution in [3.63, 3.8) is 0 Å². The van der Waals surface area contributed by atoms with Crippen LogP contribution in [0, 0.1) is 6.92 Å². The number of fused-ring (bicyclic) bond motifs is 2. The third-order valence-electron chi connectivity index (χ3n) is 6.33. The normalized spacial score (nSPS) is 15.6. The molecule has 7 heteroatoms. The van der Waals surface area contributed by atoms with Crippen LogP contribution in [-0.2, 0) is 0 Å². The summed E-state index contributed by atoms with van der Waals surface area (Å²) >= 11 is 0. The molecule has 7 nitrogen and oxygen atoms in total. The van der Waals surface area contributed by atoms with Crippen molar-refractivity contribution in [2.45, 2.75) is 58.3 Å². The maximum absolute atomic E-state index is 5.60. The van der Waals surface area contributed by atoms with Crippen LogP contribution < -0.4 is 5.73 Å². The number of rotatable bonds is 2. The number of likely N-dealkylation sites (tertiary alicyclic amines) is 1. The van der Waals surface area contributed by atoms with Crippen molar-refractivity contribution in [2.75, 3.05) is 18.8 Å². The molecule has 2 N–H and O–H groups in total. The van der Waals surface area contributed by atoms with Crippen molar-refractivity contribution in [2.24, 2.45) is 0 Å². The summed E-state index contributed by atoms with van der Waals surface area (Å²) in [6.45, 7) is 8.15. The van der Waals surface area contributed by atoms with Crippen LogP contribution in [0.2, 0.25) is 0 Å². The minimum Gasteiger partial charge on any atom is -0.378 e. The summed E-state index contributed by atoms with van der Waals surface area (Å²) in [5.41, 5.74) is 10.7. The van der Waals surface area contributed by atoms with Gasteiger partial charge >= 0.3 is 0 Å². The first-order valence-corrected chi connectivity index (χ1v) is 12.1. The first-order valence-electron chi connectivity index (χ1n) is 12.1. The van der Waals surface area contributed by atoms with Crippen LogP contribution in [0.3, 0.4) is 0 Å². The van der Waals surface area contributed by atoms with Crippen LogP contribution in [-0.4, -0.2) is 42.0 Å². The number of aryl methyl sites for hydroxylation is 1. The molecule has 4 aromatic rings. The molecular formula is C26H35N7. The first-order chi connectivity index (χ1) is 16.2. The predicted octanol–water partition coefficient (Wildman–Crippen LogP) is 5.50. The minimum absolute atomic E-state index is 0.264. The highest BCUT2D eigenvalue weighted by molar-refractivity contribution is 5.80. The smallest absolute Gasteiger partial charge is 0.238 e. The van der Waals surface area contributed by atoms with Gasteiger partial charge in [-0.25, -0.2) is 14.5 Å². The maximum atomic E-state index is 5.60. The molecule has 1 aliphatic carbocycles. The fourth-order valence-corrected chi connectivity index (χ4v) is 4.40. The van der Waals surface area contributed by atoms with Gasteiger partial charge in [0.15, 0.2) is 0 Å². The highest BCUT2D eigenvalue weighted by Crippen LogP contribution is 2.25. The topological polar surface area (TPSA) is 76.8 Å². The molecule has 0 amide bonds. The lowest BCUT2D eigenvalue weighted by Gasteiger charge is -2.07. The van der Waals surface area contributed by atoms with E-state index in [0.717, 1.165) is 28.0 Å². The number of pyridine rings is 1. The second-order valence-corrected chi connectivity index (χ2v) is 8.77. The van der Waals surface area contributed by atoms with E-state index in [2.05, 4.69) is 37.1 Å². The van der Waals surface area contributed by atoms with Crippen LogP contribution in [0.15, 0.2) is 55.8 Å². The van der Waals surface area contributed by atoms with Crippen molar-refractivity contribution in [3.8, 4) is 11.1 Å². The second-order valence-electron chi connectivity index (χ2n) is 8.77. The van der Waals surface area contributed by atoms with E-state index in [1.807, 2.05) is 43.7 Å². The number of imidazole rings is 1. The third-order valence-corrected chi connectivity index (χ3v) is 6.33. The first kappa shape index (κ1) is 22.8. The van der Waals surface area contributed by atoms with Gasteiger partial charge in [0.1, 0.15) is 5.65 Å². The Balaban J connectivity index is 0.000000163. The van der Waals surface area contributed by atoms with Crippen LogP contribution in [0.1, 0.15) is 57.1 Å². The van der Waals surface area contributed by atoms with E-state index in [0.29, 0.717) is 0 Å². The monoisotopic (exact) mass is 445 g/mol. The quantitative estimate of drug-likeness (QED) is 0.441. The number of nitrogens with two attached hydrogens (primary N) is 1. The van der Waals surface area contributed by atoms with Gasteiger partial charge in [-0.15, -0.1) is 5.10 Å². The summed E-state index contributed by atoms with van der Waals surface area (Å²) in [6, 6.07) is 6.06. The lowest BCUT2D eigenvalue weighted by atomic mass is 10.0. The molecule has 33 heavy (non-hydrogen) atoms. The van der Waals surface area contributed by atoms with Crippen LogP contribution >= 0.6 is 0 Å². The zero-order chi connectivity index (χ0) is 23.0. The molecule has 4 aromatic heterocycles. The lowest BCUT2D eigenvalue weighted by Crippen LogP contribution is -2.08. The van der Waals surface area contributed by atoms with Crippen molar-refractivity contribution in [1.82, 2.24) is 28.9 Å². The van der Waals surface area contributed by atoms with Gasteiger partial charge in [-0.05, 0) is 44.2 Å². The molecule has 0 radical (unpaired) electrons. The fraction of sp³-hybridized carbons (Fsp3) is 0.423. The fourth-order valence-electron chi connectivity index (χ4n) is 4.40. The van der Waals surface area contributed by atoms with Gasteiger partial charge in [0.25, 0.3) is 0 Å². The third kappa shape index (κ3) is 5.72. The summed E-state index contributed by atoms with van der Waals surface area (Å²) in [6.07, 6.45) is 21.2. The molecule has 0 unspecified atom stereocenters. The summed E-state index contributed by atoms with van der Waals surface area (Å²) in [5, 5.41) is 4.16. The molecule has 0 atom stereocenters. The van der Waals surface area contributed by atoms with Crippen LogP contribution in [0.5, 0.6) is 0 Å². The molecule has 0 bridgehead atoms. The number of hydrogen-bond donors (Lipinski definition) is 1. The van der Waals surface area contributed by atoms with E-state index >= 15 is 0 Å². The number of hydrogen-bond acceptors (Lipinski definition) is 5. The summed E-state index contributed by atoms with van der Waals surface area (Å²) in [5.74, 6) is 0.264. The molecule has 2 fully saturated rings. The van der Waals surface area contributed by atoms with Gasteiger partial charge in [-0.3, -0.25) is 0 Å². The molecule has 174 valence electrons. The minimum atomic E-state index is 0.264. The molecule has 1 aliphatic heterocycles. The van der Waals surface area contributed by atoms with E-state index in [1.54, 1.807) is 10.7 Å². The number of anilines is 1. The Bertz CT molecular complexity index is 1170. The van der Waals surface area contributed by atoms with Crippen LogP contribution in [0.4, 0.5) is 5.95 Å². The SMILES string of the molecule is C1CCCCC1.C=CN1CCCC1.Cc1cnc2ccc(-c3ccn4nc(N)ncc34)cn12. The van der Waals surface area contributed by atoms with E-state index in [-0.39, 0.29) is 5.95 Å². The molecule has 0 aromatic carbocycles. The average molecular weight is 446 g/mol. The van der Waals surface area contributed by atoms with E-state index in [1.165, 1.54) is 64.5 Å². The lowest BCUT2D eigenvalue weighted by molar-refractivity contribution is 0.469. The van der Waals surface area contributed by atoms with Crippen molar-refractivity contribution in [1.29, 1.82) is 0 Å². The number of aromatic nitrogens is 5. The highest BCUT2D eigenvalue weighted by Gasteiger charge is 2.09. The zero-order valence-corrected chi connectivity index (χ0v) is 19.7. The van der Waals surface area contributed by atoms with E-state index in [9.17, 15) is 0 Å². The molecule has 5 heterocycles. The Kier molecular flexibility index (Phi) is 7.60. The molecule has 1 saturated heterocycles. The zero-order valence-electron chi connectivity index (χ0n) is 19.7. The molecule has 1 saturated carbocycles. The molecule has 0 spiro atoms. The second kappa shape index (κ2) is 11.0. The van der Waals surface area contributed by atoms with E-state index in [4.69, 9.17) is 5.73 Å². The Labute approximate surface area is 196 Å². The summed E-state index contributed by atoms with van der Waals surface area (Å²) in [7, 11) is 0. The molecule has 6 rings (SSSR count). The Morgan fingerprint density at radius 1 is 0.909 bits per heavy atom. The van der Waals surface area contributed by atoms with Gasteiger partial charge < -0.3 is 15.0 Å². The van der Waals surface area contributed by atoms with E-state index < -0.39 is 0 Å². The van der Waals surface area contributed by atoms with Gasteiger partial charge in [0.2, 0.25) is 5.95 Å². The summed E-state index contributed by atoms with van der Waals surface area (Å²) in [4.78, 5) is 10.6. The van der Waals surface area contributed by atoms with Gasteiger partial charge in [0, 0.05) is 48.5 Å². The number of nitrogens with zero attached hydrogens (tertiary/aromatic N) is 6. The largest absolute Gasteiger partial charge is 0.378 e.